The lowest BCUT2D eigenvalue weighted by molar-refractivity contribution is 0.106. The fourth-order valence-electron chi connectivity index (χ4n) is 3.88. The van der Waals surface area contributed by atoms with E-state index >= 15 is 0 Å². The molecule has 170 valence electrons. The van der Waals surface area contributed by atoms with E-state index < -0.39 is 0 Å². The summed E-state index contributed by atoms with van der Waals surface area (Å²) in [6.07, 6.45) is 0. The Bertz CT molecular complexity index is 1190. The number of aromatic nitrogens is 4. The van der Waals surface area contributed by atoms with Crippen LogP contribution in [0, 0.1) is 6.92 Å². The lowest BCUT2D eigenvalue weighted by Crippen LogP contribution is -2.45. The minimum absolute atomic E-state index is 0.566. The van der Waals surface area contributed by atoms with Gasteiger partial charge in [0.1, 0.15) is 5.75 Å². The van der Waals surface area contributed by atoms with Gasteiger partial charge in [-0.05, 0) is 43.3 Å². The van der Waals surface area contributed by atoms with Crippen LogP contribution in [0.3, 0.4) is 0 Å². The summed E-state index contributed by atoms with van der Waals surface area (Å²) < 4.78 is 16.6. The number of rotatable bonds is 7. The van der Waals surface area contributed by atoms with E-state index in [1.54, 1.807) is 7.11 Å². The first-order valence-electron chi connectivity index (χ1n) is 11.0. The van der Waals surface area contributed by atoms with Crippen molar-refractivity contribution in [2.75, 3.05) is 33.3 Å². The first kappa shape index (κ1) is 21.3. The van der Waals surface area contributed by atoms with Crippen LogP contribution in [0.1, 0.15) is 17.3 Å². The van der Waals surface area contributed by atoms with Crippen molar-refractivity contribution in [3.05, 3.63) is 65.9 Å². The Morgan fingerprint density at radius 1 is 0.879 bits per heavy atom. The van der Waals surface area contributed by atoms with Gasteiger partial charge in [-0.3, -0.25) is 9.80 Å². The summed E-state index contributed by atoms with van der Waals surface area (Å²) in [5.74, 6) is 3.21. The molecule has 5 rings (SSSR count). The summed E-state index contributed by atoms with van der Waals surface area (Å²) in [5.41, 5.74) is 3.02. The second kappa shape index (κ2) is 9.51. The molecule has 0 aliphatic carbocycles. The highest BCUT2D eigenvalue weighted by Crippen LogP contribution is 2.21. The zero-order chi connectivity index (χ0) is 22.6. The van der Waals surface area contributed by atoms with Crippen molar-refractivity contribution in [2.24, 2.45) is 0 Å². The van der Waals surface area contributed by atoms with E-state index in [-0.39, 0.29) is 0 Å². The molecular formula is C24H26N6O3. The third kappa shape index (κ3) is 5.10. The van der Waals surface area contributed by atoms with E-state index in [9.17, 15) is 0 Å². The van der Waals surface area contributed by atoms with Gasteiger partial charge in [0, 0.05) is 37.3 Å². The highest BCUT2D eigenvalue weighted by atomic mass is 16.5. The van der Waals surface area contributed by atoms with Crippen LogP contribution in [-0.2, 0) is 13.1 Å². The first-order chi connectivity index (χ1) is 16.2. The van der Waals surface area contributed by atoms with E-state index in [2.05, 4.69) is 43.1 Å². The van der Waals surface area contributed by atoms with Gasteiger partial charge in [0.15, 0.2) is 0 Å². The summed E-state index contributed by atoms with van der Waals surface area (Å²) in [5, 5.41) is 12.6. The Labute approximate surface area is 192 Å². The van der Waals surface area contributed by atoms with Crippen LogP contribution in [0.4, 0.5) is 0 Å². The summed E-state index contributed by atoms with van der Waals surface area (Å²) in [6.45, 7) is 6.94. The van der Waals surface area contributed by atoms with E-state index in [1.807, 2.05) is 42.5 Å². The zero-order valence-electron chi connectivity index (χ0n) is 18.8. The Balaban J connectivity index is 1.12. The monoisotopic (exact) mass is 446 g/mol. The van der Waals surface area contributed by atoms with Crippen molar-refractivity contribution in [1.82, 2.24) is 30.1 Å². The smallest absolute Gasteiger partial charge is 0.247 e. The average molecular weight is 447 g/mol. The number of ether oxygens (including phenoxy) is 1. The molecule has 1 saturated heterocycles. The maximum atomic E-state index is 5.89. The third-order valence-corrected chi connectivity index (χ3v) is 5.73. The van der Waals surface area contributed by atoms with Gasteiger partial charge < -0.3 is 13.7 Å². The van der Waals surface area contributed by atoms with Crippen molar-refractivity contribution in [3.63, 3.8) is 0 Å². The van der Waals surface area contributed by atoms with E-state index in [4.69, 9.17) is 13.7 Å². The molecule has 0 amide bonds. The molecule has 1 aliphatic rings. The van der Waals surface area contributed by atoms with Crippen LogP contribution in [0.25, 0.3) is 22.8 Å². The molecule has 9 nitrogen and oxygen atoms in total. The SMILES string of the molecule is COc1ccc(-c2noc(CN3CCN(Cc4nnc(-c5cccc(C)c5)o4)CC3)n2)cc1. The summed E-state index contributed by atoms with van der Waals surface area (Å²) >= 11 is 0. The largest absolute Gasteiger partial charge is 0.497 e. The molecule has 0 unspecified atom stereocenters. The quantitative estimate of drug-likeness (QED) is 0.423. The second-order valence-electron chi connectivity index (χ2n) is 8.16. The molecule has 0 radical (unpaired) electrons. The second-order valence-corrected chi connectivity index (χ2v) is 8.16. The van der Waals surface area contributed by atoms with Gasteiger partial charge in [-0.15, -0.1) is 10.2 Å². The predicted octanol–water partition coefficient (Wildman–Crippen LogP) is 3.42. The van der Waals surface area contributed by atoms with Gasteiger partial charge >= 0.3 is 0 Å². The maximum Gasteiger partial charge on any atom is 0.247 e. The van der Waals surface area contributed by atoms with Crippen LogP contribution in [0.15, 0.2) is 57.5 Å². The number of methoxy groups -OCH3 is 1. The van der Waals surface area contributed by atoms with Gasteiger partial charge in [-0.1, -0.05) is 22.9 Å². The Kier molecular flexibility index (Phi) is 6.14. The van der Waals surface area contributed by atoms with Gasteiger partial charge in [0.2, 0.25) is 23.5 Å². The van der Waals surface area contributed by atoms with Crippen molar-refractivity contribution < 1.29 is 13.7 Å². The molecule has 2 aromatic carbocycles. The van der Waals surface area contributed by atoms with Gasteiger partial charge in [0.25, 0.3) is 0 Å². The topological polar surface area (TPSA) is 93.6 Å². The highest BCUT2D eigenvalue weighted by Gasteiger charge is 2.21. The predicted molar refractivity (Wildman–Crippen MR) is 121 cm³/mol. The van der Waals surface area contributed by atoms with Crippen LogP contribution >= 0.6 is 0 Å². The molecule has 33 heavy (non-hydrogen) atoms. The van der Waals surface area contributed by atoms with Crippen LogP contribution < -0.4 is 4.74 Å². The molecular weight excluding hydrogens is 420 g/mol. The van der Waals surface area contributed by atoms with E-state index in [1.165, 1.54) is 5.56 Å². The number of aryl methyl sites for hydroxylation is 1. The van der Waals surface area contributed by atoms with Crippen LogP contribution in [0.2, 0.25) is 0 Å². The lowest BCUT2D eigenvalue weighted by Gasteiger charge is -2.32. The first-order valence-corrected chi connectivity index (χ1v) is 11.0. The summed E-state index contributed by atoms with van der Waals surface area (Å²) in [4.78, 5) is 9.18. The van der Waals surface area contributed by atoms with Crippen molar-refractivity contribution in [1.29, 1.82) is 0 Å². The minimum atomic E-state index is 0.566. The highest BCUT2D eigenvalue weighted by molar-refractivity contribution is 5.55. The summed E-state index contributed by atoms with van der Waals surface area (Å²) in [7, 11) is 1.64. The van der Waals surface area contributed by atoms with E-state index in [0.29, 0.717) is 36.6 Å². The average Bonchev–Trinajstić information content (AvgIpc) is 3.50. The minimum Gasteiger partial charge on any atom is -0.497 e. The fourth-order valence-corrected chi connectivity index (χ4v) is 3.88. The molecule has 0 atom stereocenters. The molecule has 0 saturated carbocycles. The number of nitrogens with zero attached hydrogens (tertiary/aromatic N) is 6. The number of benzene rings is 2. The molecule has 4 aromatic rings. The standard InChI is InChI=1S/C24H26N6O3/c1-17-4-3-5-19(14-17)24-27-26-22(32-24)16-30-12-10-29(11-13-30)15-21-25-23(28-33-21)18-6-8-20(31-2)9-7-18/h3-9,14H,10-13,15-16H2,1-2H3. The Morgan fingerprint density at radius 3 is 2.30 bits per heavy atom. The number of hydrogen-bond acceptors (Lipinski definition) is 9. The molecule has 0 spiro atoms. The molecule has 9 heteroatoms. The van der Waals surface area contributed by atoms with Crippen molar-refractivity contribution in [2.45, 2.75) is 20.0 Å². The lowest BCUT2D eigenvalue weighted by atomic mass is 10.1. The normalized spacial score (nSPS) is 15.1. The summed E-state index contributed by atoms with van der Waals surface area (Å²) in [6, 6.07) is 15.7. The maximum absolute atomic E-state index is 5.89. The molecule has 0 N–H and O–H groups in total. The van der Waals surface area contributed by atoms with Crippen LogP contribution in [0.5, 0.6) is 5.75 Å². The Morgan fingerprint density at radius 2 is 1.61 bits per heavy atom. The van der Waals surface area contributed by atoms with E-state index in [0.717, 1.165) is 43.1 Å². The van der Waals surface area contributed by atoms with Crippen molar-refractivity contribution >= 4 is 0 Å². The van der Waals surface area contributed by atoms with Crippen molar-refractivity contribution in [3.8, 4) is 28.6 Å². The molecule has 3 heterocycles. The van der Waals surface area contributed by atoms with Gasteiger partial charge in [0.05, 0.1) is 20.2 Å². The Hall–Kier alpha value is -3.56. The van der Waals surface area contributed by atoms with Gasteiger partial charge in [-0.25, -0.2) is 0 Å². The molecule has 1 aliphatic heterocycles. The number of hydrogen-bond donors (Lipinski definition) is 0. The third-order valence-electron chi connectivity index (χ3n) is 5.73. The van der Waals surface area contributed by atoms with Crippen LogP contribution in [-0.4, -0.2) is 63.4 Å². The molecule has 2 aromatic heterocycles. The zero-order valence-corrected chi connectivity index (χ0v) is 18.8. The van der Waals surface area contributed by atoms with Gasteiger partial charge in [-0.2, -0.15) is 4.98 Å². The fraction of sp³-hybridized carbons (Fsp3) is 0.333. The molecule has 0 bridgehead atoms. The molecule has 1 fully saturated rings. The number of piperazine rings is 1.